The van der Waals surface area contributed by atoms with Crippen molar-refractivity contribution in [3.8, 4) is 0 Å². The summed E-state index contributed by atoms with van der Waals surface area (Å²) in [6, 6.07) is 5.78. The zero-order valence-electron chi connectivity index (χ0n) is 8.00. The summed E-state index contributed by atoms with van der Waals surface area (Å²) in [4.78, 5) is 11.1. The molecule has 0 spiro atoms. The Morgan fingerprint density at radius 1 is 1.57 bits per heavy atom. The fraction of sp³-hybridized carbons (Fsp3) is 0.300. The Labute approximate surface area is 82.5 Å². The molecule has 14 heavy (non-hydrogen) atoms. The summed E-state index contributed by atoms with van der Waals surface area (Å²) in [5.41, 5.74) is 8.74. The number of anilines is 1. The fourth-order valence-corrected chi connectivity index (χ4v) is 1.61. The highest BCUT2D eigenvalue weighted by Gasteiger charge is 2.18. The van der Waals surface area contributed by atoms with Crippen LogP contribution in [0.15, 0.2) is 18.2 Å². The number of hydrogen-bond acceptors (Lipinski definition) is 3. The van der Waals surface area contributed by atoms with Crippen molar-refractivity contribution in [3.05, 3.63) is 29.3 Å². The summed E-state index contributed by atoms with van der Waals surface area (Å²) >= 11 is 0. The van der Waals surface area contributed by atoms with Crippen LogP contribution in [0.1, 0.15) is 17.3 Å². The first-order chi connectivity index (χ1) is 6.70. The van der Waals surface area contributed by atoms with Crippen molar-refractivity contribution in [2.75, 3.05) is 12.4 Å². The zero-order valence-corrected chi connectivity index (χ0v) is 8.00. The van der Waals surface area contributed by atoms with Crippen LogP contribution in [0.5, 0.6) is 0 Å². The van der Waals surface area contributed by atoms with Crippen LogP contribution in [0.4, 0.5) is 5.69 Å². The molecule has 1 unspecified atom stereocenters. The number of hydrogen-bond donors (Lipinski definition) is 3. The van der Waals surface area contributed by atoms with Gasteiger partial charge in [0.25, 0.3) is 0 Å². The number of benzene rings is 1. The highest BCUT2D eigenvalue weighted by Crippen LogP contribution is 2.25. The van der Waals surface area contributed by atoms with Crippen molar-refractivity contribution in [1.82, 2.24) is 5.32 Å². The second kappa shape index (κ2) is 3.40. The molecular formula is C10H13N3O. The molecule has 74 valence electrons. The smallest absolute Gasteiger partial charge is 0.228 e. The van der Waals surface area contributed by atoms with Crippen LogP contribution < -0.4 is 16.4 Å². The van der Waals surface area contributed by atoms with Gasteiger partial charge in [0, 0.05) is 5.69 Å². The normalized spacial score (nSPS) is 16.3. The molecule has 2 rings (SSSR count). The Kier molecular flexibility index (Phi) is 2.23. The van der Waals surface area contributed by atoms with Crippen LogP contribution in [-0.2, 0) is 11.2 Å². The predicted octanol–water partition coefficient (Wildman–Crippen LogP) is 0.358. The summed E-state index contributed by atoms with van der Waals surface area (Å²) in [6.07, 6.45) is 0.288. The van der Waals surface area contributed by atoms with Gasteiger partial charge >= 0.3 is 0 Å². The average molecular weight is 191 g/mol. The summed E-state index contributed by atoms with van der Waals surface area (Å²) < 4.78 is 0. The van der Waals surface area contributed by atoms with Crippen LogP contribution in [0.25, 0.3) is 0 Å². The van der Waals surface area contributed by atoms with Gasteiger partial charge in [0.05, 0.1) is 12.6 Å². The van der Waals surface area contributed by atoms with Crippen molar-refractivity contribution in [3.63, 3.8) is 0 Å². The number of rotatable bonds is 2. The molecular weight excluding hydrogens is 178 g/mol. The largest absolute Gasteiger partial charge is 0.326 e. The van der Waals surface area contributed by atoms with E-state index in [-0.39, 0.29) is 12.1 Å². The lowest BCUT2D eigenvalue weighted by Crippen LogP contribution is -2.24. The lowest BCUT2D eigenvalue weighted by molar-refractivity contribution is -0.115. The molecule has 4 heteroatoms. The van der Waals surface area contributed by atoms with Gasteiger partial charge in [-0.15, -0.1) is 0 Å². The average Bonchev–Trinajstić information content (AvgIpc) is 2.55. The number of amides is 1. The number of carbonyl (C=O) groups is 1. The Morgan fingerprint density at radius 2 is 2.36 bits per heavy atom. The number of nitrogens with one attached hydrogen (secondary N) is 2. The van der Waals surface area contributed by atoms with Crippen LogP contribution >= 0.6 is 0 Å². The van der Waals surface area contributed by atoms with Gasteiger partial charge < -0.3 is 16.4 Å². The van der Waals surface area contributed by atoms with Gasteiger partial charge in [-0.1, -0.05) is 12.1 Å². The second-order valence-corrected chi connectivity index (χ2v) is 3.41. The quantitative estimate of drug-likeness (QED) is 0.591. The fourth-order valence-electron chi connectivity index (χ4n) is 1.61. The minimum Gasteiger partial charge on any atom is -0.326 e. The molecule has 0 fully saturated rings. The van der Waals surface area contributed by atoms with Gasteiger partial charge in [-0.25, -0.2) is 0 Å². The SMILES string of the molecule is CNC(N)c1ccc2c(c1)CC(=O)N2. The maximum Gasteiger partial charge on any atom is 0.228 e. The minimum absolute atomic E-state index is 0.0511. The Hall–Kier alpha value is -1.39. The third kappa shape index (κ3) is 1.49. The number of nitrogens with two attached hydrogens (primary N) is 1. The topological polar surface area (TPSA) is 67.1 Å². The first kappa shape index (κ1) is 9.18. The second-order valence-electron chi connectivity index (χ2n) is 3.41. The summed E-state index contributed by atoms with van der Waals surface area (Å²) in [6.45, 7) is 0. The molecule has 0 aromatic heterocycles. The zero-order chi connectivity index (χ0) is 10.1. The predicted molar refractivity (Wildman–Crippen MR) is 54.8 cm³/mol. The molecule has 1 aliphatic heterocycles. The van der Waals surface area contributed by atoms with E-state index in [1.165, 1.54) is 0 Å². The molecule has 4 nitrogen and oxygen atoms in total. The van der Waals surface area contributed by atoms with E-state index in [2.05, 4.69) is 10.6 Å². The summed E-state index contributed by atoms with van der Waals surface area (Å²) in [5.74, 6) is 0.0511. The van der Waals surface area contributed by atoms with E-state index >= 15 is 0 Å². The third-order valence-electron chi connectivity index (χ3n) is 2.42. The van der Waals surface area contributed by atoms with Crippen molar-refractivity contribution in [1.29, 1.82) is 0 Å². The van der Waals surface area contributed by atoms with E-state index in [4.69, 9.17) is 5.73 Å². The minimum atomic E-state index is -0.170. The van der Waals surface area contributed by atoms with E-state index in [0.29, 0.717) is 6.42 Å². The molecule has 1 aromatic rings. The maximum atomic E-state index is 11.1. The highest BCUT2D eigenvalue weighted by molar-refractivity contribution is 5.99. The molecule has 4 N–H and O–H groups in total. The Bertz CT molecular complexity index is 376. The van der Waals surface area contributed by atoms with Crippen molar-refractivity contribution in [2.45, 2.75) is 12.6 Å². The first-order valence-corrected chi connectivity index (χ1v) is 4.56. The van der Waals surface area contributed by atoms with Crippen LogP contribution in [0.3, 0.4) is 0 Å². The van der Waals surface area contributed by atoms with E-state index in [9.17, 15) is 4.79 Å². The monoisotopic (exact) mass is 191 g/mol. The maximum absolute atomic E-state index is 11.1. The molecule has 0 radical (unpaired) electrons. The van der Waals surface area contributed by atoms with Crippen molar-refractivity contribution >= 4 is 11.6 Å². The van der Waals surface area contributed by atoms with E-state index < -0.39 is 0 Å². The Morgan fingerprint density at radius 3 is 3.07 bits per heavy atom. The molecule has 0 bridgehead atoms. The molecule has 0 saturated carbocycles. The molecule has 0 aliphatic carbocycles. The summed E-state index contributed by atoms with van der Waals surface area (Å²) in [5, 5.41) is 5.74. The van der Waals surface area contributed by atoms with Gasteiger partial charge in [-0.3, -0.25) is 4.79 Å². The third-order valence-corrected chi connectivity index (χ3v) is 2.42. The number of fused-ring (bicyclic) bond motifs is 1. The van der Waals surface area contributed by atoms with Crippen molar-refractivity contribution < 1.29 is 4.79 Å². The van der Waals surface area contributed by atoms with E-state index in [0.717, 1.165) is 16.8 Å². The van der Waals surface area contributed by atoms with Gasteiger partial charge in [0.1, 0.15) is 0 Å². The van der Waals surface area contributed by atoms with Crippen molar-refractivity contribution in [2.24, 2.45) is 5.73 Å². The lowest BCUT2D eigenvalue weighted by Gasteiger charge is -2.11. The van der Waals surface area contributed by atoms with Gasteiger partial charge in [-0.05, 0) is 24.2 Å². The van der Waals surface area contributed by atoms with E-state index in [1.807, 2.05) is 18.2 Å². The van der Waals surface area contributed by atoms with E-state index in [1.54, 1.807) is 7.05 Å². The van der Waals surface area contributed by atoms with Crippen LogP contribution in [0.2, 0.25) is 0 Å². The highest BCUT2D eigenvalue weighted by atomic mass is 16.1. The molecule has 1 heterocycles. The van der Waals surface area contributed by atoms with Gasteiger partial charge in [0.15, 0.2) is 0 Å². The lowest BCUT2D eigenvalue weighted by atomic mass is 10.1. The number of carbonyl (C=O) groups excluding carboxylic acids is 1. The summed E-state index contributed by atoms with van der Waals surface area (Å²) in [7, 11) is 1.81. The molecule has 1 amide bonds. The van der Waals surface area contributed by atoms with Crippen LogP contribution in [-0.4, -0.2) is 13.0 Å². The van der Waals surface area contributed by atoms with Crippen LogP contribution in [0, 0.1) is 0 Å². The molecule has 1 aliphatic rings. The Balaban J connectivity index is 2.32. The van der Waals surface area contributed by atoms with Gasteiger partial charge in [0.2, 0.25) is 5.91 Å². The van der Waals surface area contributed by atoms with Gasteiger partial charge in [-0.2, -0.15) is 0 Å². The molecule has 1 aromatic carbocycles. The standard InChI is InChI=1S/C10H13N3O/c1-12-10(11)6-2-3-8-7(4-6)5-9(14)13-8/h2-4,10,12H,5,11H2,1H3,(H,13,14). The molecule has 1 atom stereocenters. The molecule has 0 saturated heterocycles. The first-order valence-electron chi connectivity index (χ1n) is 4.56.